The van der Waals surface area contributed by atoms with Gasteiger partial charge in [-0.25, -0.2) is 8.42 Å². The van der Waals surface area contributed by atoms with E-state index in [9.17, 15) is 8.42 Å². The van der Waals surface area contributed by atoms with E-state index in [1.807, 2.05) is 18.2 Å². The van der Waals surface area contributed by atoms with Crippen LogP contribution < -0.4 is 4.31 Å². The lowest BCUT2D eigenvalue weighted by Gasteiger charge is -2.23. The third-order valence-electron chi connectivity index (χ3n) is 2.81. The van der Waals surface area contributed by atoms with Crippen LogP contribution in [0.25, 0.3) is 0 Å². The number of para-hydroxylation sites is 1. The fourth-order valence-corrected chi connectivity index (χ4v) is 4.00. The molecule has 0 aliphatic heterocycles. The topological polar surface area (TPSA) is 37.4 Å². The van der Waals surface area contributed by atoms with Gasteiger partial charge in [-0.15, -0.1) is 0 Å². The molecule has 2 aromatic rings. The molecule has 0 spiro atoms. The van der Waals surface area contributed by atoms with Crippen LogP contribution in [0.15, 0.2) is 57.9 Å². The van der Waals surface area contributed by atoms with Gasteiger partial charge in [-0.05, 0) is 53.2 Å². The van der Waals surface area contributed by atoms with Crippen molar-refractivity contribution in [3.05, 3.63) is 58.0 Å². The van der Waals surface area contributed by atoms with Crippen LogP contribution in [0.2, 0.25) is 5.02 Å². The number of hydrogen-bond acceptors (Lipinski definition) is 2. The average molecular weight is 375 g/mol. The fourth-order valence-electron chi connectivity index (χ4n) is 1.85. The van der Waals surface area contributed by atoms with E-state index in [2.05, 4.69) is 15.9 Å². The molecule has 6 heteroatoms. The zero-order valence-corrected chi connectivity index (χ0v) is 13.9. The summed E-state index contributed by atoms with van der Waals surface area (Å²) in [7, 11) is -3.60. The SMILES string of the molecule is CCN(c1ccccc1)S(=O)(=O)c1ccc(Cl)c(Br)c1. The summed E-state index contributed by atoms with van der Waals surface area (Å²) < 4.78 is 27.3. The van der Waals surface area contributed by atoms with E-state index in [0.29, 0.717) is 21.7 Å². The molecule has 2 aromatic carbocycles. The van der Waals surface area contributed by atoms with Gasteiger partial charge in [0.25, 0.3) is 10.0 Å². The molecule has 0 atom stereocenters. The summed E-state index contributed by atoms with van der Waals surface area (Å²) in [6, 6.07) is 13.6. The number of sulfonamides is 1. The molecule has 0 radical (unpaired) electrons. The van der Waals surface area contributed by atoms with Crippen LogP contribution in [-0.2, 0) is 10.0 Å². The van der Waals surface area contributed by atoms with Crippen molar-refractivity contribution in [2.45, 2.75) is 11.8 Å². The second-order valence-electron chi connectivity index (χ2n) is 4.08. The summed E-state index contributed by atoms with van der Waals surface area (Å²) in [5.41, 5.74) is 0.640. The second-order valence-corrected chi connectivity index (χ2v) is 7.21. The van der Waals surface area contributed by atoms with E-state index in [0.717, 1.165) is 0 Å². The first-order valence-corrected chi connectivity index (χ1v) is 8.60. The molecule has 2 rings (SSSR count). The van der Waals surface area contributed by atoms with Gasteiger partial charge in [0.2, 0.25) is 0 Å². The first-order chi connectivity index (χ1) is 9.46. The highest BCUT2D eigenvalue weighted by atomic mass is 79.9. The van der Waals surface area contributed by atoms with Crippen LogP contribution in [0.3, 0.4) is 0 Å². The number of benzene rings is 2. The minimum atomic E-state index is -3.60. The van der Waals surface area contributed by atoms with E-state index < -0.39 is 10.0 Å². The summed E-state index contributed by atoms with van der Waals surface area (Å²) in [6.07, 6.45) is 0. The average Bonchev–Trinajstić information content (AvgIpc) is 2.43. The summed E-state index contributed by atoms with van der Waals surface area (Å²) in [5, 5.41) is 0.478. The highest BCUT2D eigenvalue weighted by Crippen LogP contribution is 2.29. The fraction of sp³-hybridized carbons (Fsp3) is 0.143. The molecule has 0 saturated heterocycles. The van der Waals surface area contributed by atoms with E-state index in [-0.39, 0.29) is 4.90 Å². The lowest BCUT2D eigenvalue weighted by Crippen LogP contribution is -2.30. The minimum Gasteiger partial charge on any atom is -0.267 e. The van der Waals surface area contributed by atoms with Crippen molar-refractivity contribution in [2.24, 2.45) is 0 Å². The Kier molecular flexibility index (Phi) is 4.73. The molecule has 0 unspecified atom stereocenters. The predicted molar refractivity (Wildman–Crippen MR) is 85.8 cm³/mol. The predicted octanol–water partition coefficient (Wildman–Crippen LogP) is 4.32. The standard InChI is InChI=1S/C14H13BrClNO2S/c1-2-17(11-6-4-3-5-7-11)20(18,19)12-8-9-14(16)13(15)10-12/h3-10H,2H2,1H3. The second kappa shape index (κ2) is 6.16. The first-order valence-electron chi connectivity index (χ1n) is 5.99. The van der Waals surface area contributed by atoms with Crippen LogP contribution >= 0.6 is 27.5 Å². The van der Waals surface area contributed by atoms with Gasteiger partial charge in [-0.2, -0.15) is 0 Å². The van der Waals surface area contributed by atoms with Crippen molar-refractivity contribution in [1.29, 1.82) is 0 Å². The van der Waals surface area contributed by atoms with E-state index in [1.54, 1.807) is 25.1 Å². The summed E-state index contributed by atoms with van der Waals surface area (Å²) >= 11 is 9.16. The van der Waals surface area contributed by atoms with E-state index in [1.165, 1.54) is 16.4 Å². The highest BCUT2D eigenvalue weighted by Gasteiger charge is 2.23. The maximum atomic E-state index is 12.7. The van der Waals surface area contributed by atoms with Gasteiger partial charge < -0.3 is 0 Å². The van der Waals surface area contributed by atoms with Crippen LogP contribution in [0.4, 0.5) is 5.69 Å². The zero-order chi connectivity index (χ0) is 14.8. The Bertz CT molecular complexity index is 704. The number of anilines is 1. The van der Waals surface area contributed by atoms with Gasteiger partial charge in [0.05, 0.1) is 15.6 Å². The number of halogens is 2. The molecule has 3 nitrogen and oxygen atoms in total. The monoisotopic (exact) mass is 373 g/mol. The largest absolute Gasteiger partial charge is 0.267 e. The van der Waals surface area contributed by atoms with Crippen molar-refractivity contribution < 1.29 is 8.42 Å². The molecule has 0 saturated carbocycles. The molecule has 0 N–H and O–H groups in total. The normalized spacial score (nSPS) is 11.3. The third kappa shape index (κ3) is 3.00. The maximum Gasteiger partial charge on any atom is 0.264 e. The zero-order valence-electron chi connectivity index (χ0n) is 10.8. The number of rotatable bonds is 4. The molecule has 0 aromatic heterocycles. The molecule has 0 aliphatic rings. The Morgan fingerprint density at radius 2 is 1.80 bits per heavy atom. The smallest absolute Gasteiger partial charge is 0.264 e. The Labute approximate surface area is 132 Å². The van der Waals surface area contributed by atoms with Crippen molar-refractivity contribution in [2.75, 3.05) is 10.8 Å². The van der Waals surface area contributed by atoms with Crippen molar-refractivity contribution in [3.63, 3.8) is 0 Å². The van der Waals surface area contributed by atoms with Crippen LogP contribution in [-0.4, -0.2) is 15.0 Å². The Hall–Kier alpha value is -1.04. The minimum absolute atomic E-state index is 0.208. The molecule has 20 heavy (non-hydrogen) atoms. The molecule has 0 fully saturated rings. The molecular weight excluding hydrogens is 362 g/mol. The van der Waals surface area contributed by atoms with Gasteiger partial charge >= 0.3 is 0 Å². The number of hydrogen-bond donors (Lipinski definition) is 0. The Balaban J connectivity index is 2.50. The molecular formula is C14H13BrClNO2S. The molecule has 106 valence electrons. The Morgan fingerprint density at radius 1 is 1.15 bits per heavy atom. The van der Waals surface area contributed by atoms with Gasteiger partial charge in [0, 0.05) is 11.0 Å². The summed E-state index contributed by atoms with van der Waals surface area (Å²) in [4.78, 5) is 0.208. The molecule has 0 heterocycles. The maximum absolute atomic E-state index is 12.7. The van der Waals surface area contributed by atoms with Gasteiger partial charge in [-0.1, -0.05) is 29.8 Å². The van der Waals surface area contributed by atoms with Gasteiger partial charge in [0.15, 0.2) is 0 Å². The lowest BCUT2D eigenvalue weighted by atomic mass is 10.3. The quantitative estimate of drug-likeness (QED) is 0.799. The van der Waals surface area contributed by atoms with Gasteiger partial charge in [-0.3, -0.25) is 4.31 Å². The summed E-state index contributed by atoms with van der Waals surface area (Å²) in [6.45, 7) is 2.15. The molecule has 0 amide bonds. The molecule has 0 bridgehead atoms. The Morgan fingerprint density at radius 3 is 2.35 bits per heavy atom. The van der Waals surface area contributed by atoms with Crippen molar-refractivity contribution >= 4 is 43.2 Å². The number of nitrogens with zero attached hydrogens (tertiary/aromatic N) is 1. The highest BCUT2D eigenvalue weighted by molar-refractivity contribution is 9.10. The van der Waals surface area contributed by atoms with E-state index >= 15 is 0 Å². The third-order valence-corrected chi connectivity index (χ3v) is 5.92. The summed E-state index contributed by atoms with van der Waals surface area (Å²) in [5.74, 6) is 0. The first kappa shape index (κ1) is 15.4. The molecule has 0 aliphatic carbocycles. The van der Waals surface area contributed by atoms with Crippen molar-refractivity contribution in [3.8, 4) is 0 Å². The van der Waals surface area contributed by atoms with Crippen molar-refractivity contribution in [1.82, 2.24) is 0 Å². The van der Waals surface area contributed by atoms with Crippen LogP contribution in [0, 0.1) is 0 Å². The van der Waals surface area contributed by atoms with Crippen LogP contribution in [0.1, 0.15) is 6.92 Å². The van der Waals surface area contributed by atoms with Gasteiger partial charge in [0.1, 0.15) is 0 Å². The lowest BCUT2D eigenvalue weighted by molar-refractivity contribution is 0.592. The van der Waals surface area contributed by atoms with Crippen LogP contribution in [0.5, 0.6) is 0 Å². The van der Waals surface area contributed by atoms with E-state index in [4.69, 9.17) is 11.6 Å².